The van der Waals surface area contributed by atoms with Crippen molar-refractivity contribution in [2.24, 2.45) is 0 Å². The zero-order valence-corrected chi connectivity index (χ0v) is 19.6. The highest BCUT2D eigenvalue weighted by Gasteiger charge is 2.56. The van der Waals surface area contributed by atoms with Gasteiger partial charge in [0.05, 0.1) is 47.8 Å². The minimum absolute atomic E-state index is 0.0143. The Balaban J connectivity index is 2.05. The number of aromatic carboxylic acids is 3. The number of nitrogen functional groups attached to an aromatic ring is 2. The van der Waals surface area contributed by atoms with Gasteiger partial charge >= 0.3 is 23.9 Å². The fourth-order valence-corrected chi connectivity index (χ4v) is 4.85. The van der Waals surface area contributed by atoms with Crippen LogP contribution in [0.4, 0.5) is 11.4 Å². The van der Waals surface area contributed by atoms with Gasteiger partial charge in [0.1, 0.15) is 22.6 Å². The second-order valence-corrected chi connectivity index (χ2v) is 8.34. The normalized spacial score (nSPS) is 14.0. The maximum Gasteiger partial charge on any atom is 0.341 e. The summed E-state index contributed by atoms with van der Waals surface area (Å²) in [7, 11) is 2.47. The van der Waals surface area contributed by atoms with Crippen LogP contribution in [0.2, 0.25) is 0 Å². The van der Waals surface area contributed by atoms with E-state index in [1.165, 1.54) is 44.6 Å². The van der Waals surface area contributed by atoms with Crippen molar-refractivity contribution in [3.63, 3.8) is 0 Å². The van der Waals surface area contributed by atoms with E-state index < -0.39 is 52.1 Å². The first-order valence-electron chi connectivity index (χ1n) is 10.7. The topological polar surface area (TPSA) is 218 Å². The molecule has 13 heteroatoms. The van der Waals surface area contributed by atoms with Crippen molar-refractivity contribution in [3.8, 4) is 23.0 Å². The largest absolute Gasteiger partial charge is 0.495 e. The molecule has 0 radical (unpaired) electrons. The standard InChI is InChI=1S/C25H18N2O11/c1-35-13-6-11-19(15(17(13)26)22(30)31)37-20-12(7-14(36-2)18(27)16(20)23(32)33)25(11)10-5-8(21(28)29)3-4-9(10)24(34)38-25/h3-7H,26-27H2,1-2H3,(H,28,29)(H,30,31)(H,32,33). The molecule has 38 heavy (non-hydrogen) atoms. The number of hydrogen-bond acceptors (Lipinski definition) is 10. The van der Waals surface area contributed by atoms with E-state index in [0.29, 0.717) is 0 Å². The van der Waals surface area contributed by atoms with E-state index in [0.717, 1.165) is 0 Å². The van der Waals surface area contributed by atoms with Gasteiger partial charge in [0.25, 0.3) is 0 Å². The van der Waals surface area contributed by atoms with Crippen LogP contribution in [0.25, 0.3) is 0 Å². The number of esters is 1. The number of carbonyl (C=O) groups is 4. The van der Waals surface area contributed by atoms with Crippen molar-refractivity contribution in [1.82, 2.24) is 0 Å². The van der Waals surface area contributed by atoms with E-state index in [4.69, 9.17) is 30.4 Å². The number of benzene rings is 3. The predicted octanol–water partition coefficient (Wildman–Crippen LogP) is 2.53. The number of methoxy groups -OCH3 is 2. The first-order valence-corrected chi connectivity index (χ1v) is 10.7. The minimum atomic E-state index is -2.10. The summed E-state index contributed by atoms with van der Waals surface area (Å²) in [4.78, 5) is 49.7. The Hall–Kier alpha value is -5.46. The fraction of sp³-hybridized carbons (Fsp3) is 0.120. The van der Waals surface area contributed by atoms with Gasteiger partial charge in [-0.05, 0) is 30.3 Å². The third-order valence-electron chi connectivity index (χ3n) is 6.51. The monoisotopic (exact) mass is 522 g/mol. The van der Waals surface area contributed by atoms with Crippen LogP contribution in [0.3, 0.4) is 0 Å². The van der Waals surface area contributed by atoms with Crippen molar-refractivity contribution in [2.45, 2.75) is 5.60 Å². The molecule has 0 amide bonds. The van der Waals surface area contributed by atoms with Gasteiger partial charge in [0.2, 0.25) is 0 Å². The van der Waals surface area contributed by atoms with Gasteiger partial charge in [0.15, 0.2) is 17.1 Å². The smallest absolute Gasteiger partial charge is 0.341 e. The van der Waals surface area contributed by atoms with Crippen LogP contribution in [-0.4, -0.2) is 53.4 Å². The van der Waals surface area contributed by atoms with Gasteiger partial charge in [-0.2, -0.15) is 0 Å². The predicted molar refractivity (Wildman–Crippen MR) is 128 cm³/mol. The Morgan fingerprint density at radius 2 is 1.29 bits per heavy atom. The molecule has 3 aromatic carbocycles. The molecule has 0 saturated heterocycles. The van der Waals surface area contributed by atoms with E-state index in [1.54, 1.807) is 0 Å². The summed E-state index contributed by atoms with van der Waals surface area (Å²) in [6.45, 7) is 0. The first-order chi connectivity index (χ1) is 18.0. The molecule has 1 spiro atoms. The molecule has 2 aliphatic heterocycles. The highest BCUT2D eigenvalue weighted by atomic mass is 16.6. The van der Waals surface area contributed by atoms with Crippen molar-refractivity contribution in [2.75, 3.05) is 25.7 Å². The van der Waals surface area contributed by atoms with Gasteiger partial charge in [-0.15, -0.1) is 0 Å². The lowest BCUT2D eigenvalue weighted by molar-refractivity contribution is 0.0222. The molecule has 0 atom stereocenters. The molecule has 5 rings (SSSR count). The molecule has 0 aliphatic carbocycles. The maximum absolute atomic E-state index is 13.2. The van der Waals surface area contributed by atoms with Crippen LogP contribution >= 0.6 is 0 Å². The van der Waals surface area contributed by atoms with E-state index >= 15 is 0 Å². The Morgan fingerprint density at radius 3 is 1.71 bits per heavy atom. The molecule has 3 aromatic rings. The SMILES string of the molecule is COc1cc2c(c(C(=O)O)c1N)Oc1c(cc(OC)c(N)c1C(=O)O)C21OC(=O)c2ccc(C(=O)O)cc21. The summed E-state index contributed by atoms with van der Waals surface area (Å²) in [6, 6.07) is 6.16. The average molecular weight is 522 g/mol. The second-order valence-electron chi connectivity index (χ2n) is 8.34. The fourth-order valence-electron chi connectivity index (χ4n) is 4.85. The molecule has 2 aliphatic rings. The molecule has 2 heterocycles. The maximum atomic E-state index is 13.2. The van der Waals surface area contributed by atoms with Crippen LogP contribution < -0.4 is 25.7 Å². The summed E-state index contributed by atoms with van der Waals surface area (Å²) in [5, 5.41) is 29.7. The molecule has 0 saturated carbocycles. The van der Waals surface area contributed by atoms with E-state index in [2.05, 4.69) is 0 Å². The van der Waals surface area contributed by atoms with Crippen molar-refractivity contribution in [3.05, 3.63) is 69.3 Å². The van der Waals surface area contributed by atoms with Crippen molar-refractivity contribution < 1.29 is 53.4 Å². The van der Waals surface area contributed by atoms with Crippen LogP contribution in [0.1, 0.15) is 58.1 Å². The lowest BCUT2D eigenvalue weighted by atomic mass is 9.75. The van der Waals surface area contributed by atoms with Crippen LogP contribution in [0.15, 0.2) is 30.3 Å². The Kier molecular flexibility index (Phi) is 5.12. The first kappa shape index (κ1) is 24.2. The quantitative estimate of drug-likeness (QED) is 0.241. The summed E-state index contributed by atoms with van der Waals surface area (Å²) in [6.07, 6.45) is 0. The number of nitrogens with two attached hydrogens (primary N) is 2. The van der Waals surface area contributed by atoms with E-state index in [-0.39, 0.29) is 50.7 Å². The third-order valence-corrected chi connectivity index (χ3v) is 6.51. The molecule has 0 fully saturated rings. The highest BCUT2D eigenvalue weighted by molar-refractivity contribution is 6.05. The van der Waals surface area contributed by atoms with Gasteiger partial charge in [-0.3, -0.25) is 0 Å². The summed E-state index contributed by atoms with van der Waals surface area (Å²) in [5.74, 6) is -6.46. The Morgan fingerprint density at radius 1 is 0.789 bits per heavy atom. The third kappa shape index (κ3) is 2.98. The molecule has 194 valence electrons. The van der Waals surface area contributed by atoms with E-state index in [1.807, 2.05) is 0 Å². The number of anilines is 2. The number of carbonyl (C=O) groups excluding carboxylic acids is 1. The van der Waals surface area contributed by atoms with Crippen LogP contribution in [0, 0.1) is 0 Å². The van der Waals surface area contributed by atoms with Crippen molar-refractivity contribution in [1.29, 1.82) is 0 Å². The van der Waals surface area contributed by atoms with Crippen LogP contribution in [-0.2, 0) is 10.3 Å². The molecule has 0 bridgehead atoms. The average Bonchev–Trinajstić information content (AvgIpc) is 3.15. The Labute approximate surface area is 212 Å². The van der Waals surface area contributed by atoms with Crippen molar-refractivity contribution >= 4 is 35.3 Å². The molecular weight excluding hydrogens is 504 g/mol. The molecule has 13 nitrogen and oxygen atoms in total. The molecule has 0 unspecified atom stereocenters. The number of fused-ring (bicyclic) bond motifs is 6. The summed E-state index contributed by atoms with van der Waals surface area (Å²) >= 11 is 0. The zero-order chi connectivity index (χ0) is 27.7. The molecular formula is C25H18N2O11. The van der Waals surface area contributed by atoms with Crippen LogP contribution in [0.5, 0.6) is 23.0 Å². The zero-order valence-electron chi connectivity index (χ0n) is 19.6. The minimum Gasteiger partial charge on any atom is -0.495 e. The van der Waals surface area contributed by atoms with Gasteiger partial charge in [-0.25, -0.2) is 19.2 Å². The number of carboxylic acid groups (broad SMARTS) is 3. The number of ether oxygens (including phenoxy) is 4. The van der Waals surface area contributed by atoms with Gasteiger partial charge in [0, 0.05) is 5.56 Å². The molecule has 7 N–H and O–H groups in total. The number of carboxylic acids is 3. The van der Waals surface area contributed by atoms with Gasteiger partial charge < -0.3 is 45.7 Å². The summed E-state index contributed by atoms with van der Waals surface area (Å²) in [5.41, 5.74) is 7.61. The lowest BCUT2D eigenvalue weighted by Gasteiger charge is -2.38. The van der Waals surface area contributed by atoms with Gasteiger partial charge in [-0.1, -0.05) is 0 Å². The van der Waals surface area contributed by atoms with E-state index in [9.17, 15) is 34.5 Å². The lowest BCUT2D eigenvalue weighted by Crippen LogP contribution is -2.35. The second kappa shape index (κ2) is 8.03. The number of hydrogen-bond donors (Lipinski definition) is 5. The molecule has 0 aromatic heterocycles. The highest BCUT2D eigenvalue weighted by Crippen LogP contribution is 2.60. The number of rotatable bonds is 5. The Bertz CT molecular complexity index is 1550. The summed E-state index contributed by atoms with van der Waals surface area (Å²) < 4.78 is 22.4.